The van der Waals surface area contributed by atoms with Crippen LogP contribution in [-0.4, -0.2) is 69.4 Å². The van der Waals surface area contributed by atoms with Crippen molar-refractivity contribution in [2.75, 3.05) is 32.8 Å². The van der Waals surface area contributed by atoms with Gasteiger partial charge in [0.2, 0.25) is 5.91 Å². The van der Waals surface area contributed by atoms with Gasteiger partial charge in [0.15, 0.2) is 0 Å². The predicted molar refractivity (Wildman–Crippen MR) is 122 cm³/mol. The van der Waals surface area contributed by atoms with Crippen molar-refractivity contribution in [3.05, 3.63) is 23.8 Å². The van der Waals surface area contributed by atoms with Crippen LogP contribution in [0.4, 0.5) is 4.79 Å². The molecular formula is C23H31N5O3S. The normalized spacial score (nSPS) is 23.4. The van der Waals surface area contributed by atoms with Gasteiger partial charge in [0, 0.05) is 31.6 Å². The second-order valence-electron chi connectivity index (χ2n) is 9.45. The zero-order valence-corrected chi connectivity index (χ0v) is 19.4. The fraction of sp³-hybridized carbons (Fsp3) is 0.652. The van der Waals surface area contributed by atoms with Crippen molar-refractivity contribution in [2.24, 2.45) is 11.3 Å². The van der Waals surface area contributed by atoms with E-state index < -0.39 is 0 Å². The van der Waals surface area contributed by atoms with Gasteiger partial charge in [0.05, 0.1) is 18.3 Å². The van der Waals surface area contributed by atoms with E-state index in [0.717, 1.165) is 62.8 Å². The Bertz CT molecular complexity index is 979. The van der Waals surface area contributed by atoms with E-state index in [4.69, 9.17) is 4.74 Å². The Hall–Kier alpha value is -2.26. The van der Waals surface area contributed by atoms with E-state index in [1.165, 1.54) is 17.3 Å². The fourth-order valence-corrected chi connectivity index (χ4v) is 5.85. The topological polar surface area (TPSA) is 87.7 Å². The Labute approximate surface area is 192 Å². The number of hydrogen-bond acceptors (Lipinski definition) is 7. The number of nitrogens with zero attached hydrogens (tertiary/aromatic N) is 4. The summed E-state index contributed by atoms with van der Waals surface area (Å²) in [4.78, 5) is 29.0. The number of likely N-dealkylation sites (tertiary alicyclic amines) is 2. The molecule has 1 aliphatic carbocycles. The summed E-state index contributed by atoms with van der Waals surface area (Å²) in [6.45, 7) is 6.52. The summed E-state index contributed by atoms with van der Waals surface area (Å²) in [5, 5.41) is 3.27. The second-order valence-corrected chi connectivity index (χ2v) is 9.98. The summed E-state index contributed by atoms with van der Waals surface area (Å²) in [6.07, 6.45) is 4.56. The van der Waals surface area contributed by atoms with E-state index in [0.29, 0.717) is 19.7 Å². The van der Waals surface area contributed by atoms with Crippen LogP contribution >= 0.6 is 11.7 Å². The number of ether oxygens (including phenoxy) is 1. The number of rotatable bonds is 5. The van der Waals surface area contributed by atoms with E-state index in [1.807, 2.05) is 6.92 Å². The first-order valence-electron chi connectivity index (χ1n) is 11.7. The van der Waals surface area contributed by atoms with Crippen LogP contribution in [0.25, 0.3) is 11.0 Å². The summed E-state index contributed by atoms with van der Waals surface area (Å²) in [5.74, 6) is 0.375. The highest BCUT2D eigenvalue weighted by atomic mass is 32.1. The maximum Gasteiger partial charge on any atom is 0.409 e. The maximum atomic E-state index is 12.9. The smallest absolute Gasteiger partial charge is 0.409 e. The molecular weight excluding hydrogens is 426 g/mol. The van der Waals surface area contributed by atoms with E-state index >= 15 is 0 Å². The molecule has 3 aliphatic rings. The molecule has 32 heavy (non-hydrogen) atoms. The Morgan fingerprint density at radius 3 is 2.66 bits per heavy atom. The first kappa shape index (κ1) is 21.6. The van der Waals surface area contributed by atoms with Crippen molar-refractivity contribution in [3.63, 3.8) is 0 Å². The molecule has 1 aromatic carbocycles. The standard InChI is InChI=1S/C23H31N5O3S/c1-2-31-22(30)28-9-5-17(6-10-28)24-21(29)18-14-23(18)7-11-27(12-8-23)15-16-3-4-19-20(13-16)26-32-25-19/h3-4,13,17-18H,2,5-12,14-15H2,1H3,(H,24,29). The van der Waals surface area contributed by atoms with Gasteiger partial charge in [-0.2, -0.15) is 8.75 Å². The molecule has 1 atom stereocenters. The number of fused-ring (bicyclic) bond motifs is 1. The first-order valence-corrected chi connectivity index (χ1v) is 12.4. The van der Waals surface area contributed by atoms with Gasteiger partial charge in [-0.05, 0) is 75.2 Å². The van der Waals surface area contributed by atoms with Gasteiger partial charge in [-0.25, -0.2) is 4.79 Å². The van der Waals surface area contributed by atoms with E-state index in [-0.39, 0.29) is 29.4 Å². The molecule has 1 saturated carbocycles. The molecule has 1 unspecified atom stereocenters. The Morgan fingerprint density at radius 2 is 1.91 bits per heavy atom. The average molecular weight is 458 g/mol. The number of aromatic nitrogens is 2. The Morgan fingerprint density at radius 1 is 1.16 bits per heavy atom. The van der Waals surface area contributed by atoms with Crippen molar-refractivity contribution in [3.8, 4) is 0 Å². The average Bonchev–Trinajstić information content (AvgIpc) is 3.30. The molecule has 172 valence electrons. The summed E-state index contributed by atoms with van der Waals surface area (Å²) < 4.78 is 13.7. The van der Waals surface area contributed by atoms with Gasteiger partial charge in [-0.3, -0.25) is 9.69 Å². The molecule has 0 bridgehead atoms. The minimum atomic E-state index is -0.242. The van der Waals surface area contributed by atoms with Crippen LogP contribution in [0, 0.1) is 11.3 Å². The van der Waals surface area contributed by atoms with Crippen molar-refractivity contribution in [1.82, 2.24) is 23.9 Å². The second kappa shape index (κ2) is 8.94. The lowest BCUT2D eigenvalue weighted by Crippen LogP contribution is -2.47. The number of amides is 2. The van der Waals surface area contributed by atoms with Gasteiger partial charge >= 0.3 is 6.09 Å². The van der Waals surface area contributed by atoms with Gasteiger partial charge < -0.3 is 15.0 Å². The van der Waals surface area contributed by atoms with Crippen LogP contribution in [0.5, 0.6) is 0 Å². The zero-order chi connectivity index (χ0) is 22.1. The monoisotopic (exact) mass is 457 g/mol. The minimum absolute atomic E-state index is 0.158. The van der Waals surface area contributed by atoms with Gasteiger partial charge in [-0.1, -0.05) is 6.07 Å². The predicted octanol–water partition coefficient (Wildman–Crippen LogP) is 3.03. The van der Waals surface area contributed by atoms with E-state index in [1.54, 1.807) is 4.90 Å². The molecule has 9 heteroatoms. The van der Waals surface area contributed by atoms with Crippen LogP contribution in [0.3, 0.4) is 0 Å². The first-order chi connectivity index (χ1) is 15.6. The number of carbonyl (C=O) groups excluding carboxylic acids is 2. The van der Waals surface area contributed by atoms with Crippen LogP contribution < -0.4 is 5.32 Å². The number of piperidine rings is 2. The third kappa shape index (κ3) is 4.45. The van der Waals surface area contributed by atoms with Crippen molar-refractivity contribution < 1.29 is 14.3 Å². The molecule has 2 aliphatic heterocycles. The zero-order valence-electron chi connectivity index (χ0n) is 18.6. The lowest BCUT2D eigenvalue weighted by molar-refractivity contribution is -0.124. The van der Waals surface area contributed by atoms with Crippen LogP contribution in [0.15, 0.2) is 18.2 Å². The number of carbonyl (C=O) groups is 2. The quantitative estimate of drug-likeness (QED) is 0.743. The molecule has 2 amide bonds. The van der Waals surface area contributed by atoms with E-state index in [2.05, 4.69) is 37.2 Å². The number of hydrogen-bond donors (Lipinski definition) is 1. The summed E-state index contributed by atoms with van der Waals surface area (Å²) >= 11 is 1.26. The maximum absolute atomic E-state index is 12.9. The lowest BCUT2D eigenvalue weighted by Gasteiger charge is -2.34. The summed E-state index contributed by atoms with van der Waals surface area (Å²) in [6, 6.07) is 6.51. The highest BCUT2D eigenvalue weighted by Gasteiger charge is 2.58. The van der Waals surface area contributed by atoms with Gasteiger partial charge in [0.25, 0.3) is 0 Å². The molecule has 1 aromatic heterocycles. The molecule has 8 nitrogen and oxygen atoms in total. The van der Waals surface area contributed by atoms with Gasteiger partial charge in [0.1, 0.15) is 11.0 Å². The molecule has 0 radical (unpaired) electrons. The highest BCUT2D eigenvalue weighted by molar-refractivity contribution is 7.00. The van der Waals surface area contributed by atoms with Crippen LogP contribution in [-0.2, 0) is 16.1 Å². The molecule has 2 aromatic rings. The van der Waals surface area contributed by atoms with E-state index in [9.17, 15) is 9.59 Å². The van der Waals surface area contributed by atoms with Gasteiger partial charge in [-0.15, -0.1) is 0 Å². The Kier molecular flexibility index (Phi) is 6.03. The molecule has 3 fully saturated rings. The van der Waals surface area contributed by atoms with Crippen LogP contribution in [0.1, 0.15) is 44.6 Å². The Balaban J connectivity index is 1.06. The number of nitrogens with one attached hydrogen (secondary N) is 1. The summed E-state index contributed by atoms with van der Waals surface area (Å²) in [7, 11) is 0. The third-order valence-corrected chi connectivity index (χ3v) is 8.01. The van der Waals surface area contributed by atoms with Crippen molar-refractivity contribution in [1.29, 1.82) is 0 Å². The fourth-order valence-electron chi connectivity index (χ4n) is 5.33. The lowest BCUT2D eigenvalue weighted by atomic mass is 9.90. The molecule has 5 rings (SSSR count). The molecule has 1 N–H and O–H groups in total. The largest absolute Gasteiger partial charge is 0.450 e. The molecule has 1 spiro atoms. The SMILES string of the molecule is CCOC(=O)N1CCC(NC(=O)C2CC23CCN(Cc2ccc4nsnc4c2)CC3)CC1. The summed E-state index contributed by atoms with van der Waals surface area (Å²) in [5.41, 5.74) is 3.43. The molecule has 3 heterocycles. The third-order valence-electron chi connectivity index (χ3n) is 7.45. The minimum Gasteiger partial charge on any atom is -0.450 e. The number of benzene rings is 1. The van der Waals surface area contributed by atoms with Crippen molar-refractivity contribution in [2.45, 2.75) is 51.6 Å². The van der Waals surface area contributed by atoms with Crippen molar-refractivity contribution >= 4 is 34.8 Å². The molecule has 2 saturated heterocycles. The van der Waals surface area contributed by atoms with Crippen LogP contribution in [0.2, 0.25) is 0 Å². The highest BCUT2D eigenvalue weighted by Crippen LogP contribution is 2.59.